The summed E-state index contributed by atoms with van der Waals surface area (Å²) in [7, 11) is 0. The Hall–Kier alpha value is -9.06. The Morgan fingerprint density at radius 3 is 1.06 bits per heavy atom. The molecule has 2 heterocycles. The van der Waals surface area contributed by atoms with Gasteiger partial charge in [-0.3, -0.25) is 0 Å². The van der Waals surface area contributed by atoms with Gasteiger partial charge in [-0.15, -0.1) is 22.7 Å². The molecule has 80 heavy (non-hydrogen) atoms. The highest BCUT2D eigenvalue weighted by atomic mass is 32.1. The van der Waals surface area contributed by atoms with Crippen LogP contribution in [-0.4, -0.2) is 0 Å². The van der Waals surface area contributed by atoms with Crippen molar-refractivity contribution in [3.63, 3.8) is 0 Å². The molecule has 14 aromatic rings. The van der Waals surface area contributed by atoms with Crippen LogP contribution in [0.5, 0.6) is 0 Å². The maximum Gasteiger partial charge on any atom is 0.0476 e. The first-order valence-electron chi connectivity index (χ1n) is 27.8. The third-order valence-corrected chi connectivity index (χ3v) is 19.8. The van der Waals surface area contributed by atoms with Gasteiger partial charge in [0.25, 0.3) is 0 Å². The van der Waals surface area contributed by atoms with Crippen molar-refractivity contribution in [2.45, 2.75) is 38.5 Å². The molecule has 380 valence electrons. The number of anilines is 6. The zero-order valence-electron chi connectivity index (χ0n) is 45.0. The van der Waals surface area contributed by atoms with Crippen LogP contribution in [0, 0.1) is 0 Å². The third kappa shape index (κ3) is 7.29. The van der Waals surface area contributed by atoms with Crippen molar-refractivity contribution in [3.8, 4) is 44.5 Å². The molecule has 4 heteroatoms. The molecule has 0 atom stereocenters. The van der Waals surface area contributed by atoms with E-state index in [1.54, 1.807) is 0 Å². The smallest absolute Gasteiger partial charge is 0.0476 e. The number of hydrogen-bond donors (Lipinski definition) is 0. The van der Waals surface area contributed by atoms with Gasteiger partial charge in [0.15, 0.2) is 0 Å². The molecule has 12 aromatic carbocycles. The van der Waals surface area contributed by atoms with Crippen LogP contribution < -0.4 is 9.80 Å². The lowest BCUT2D eigenvalue weighted by Crippen LogP contribution is -2.16. The molecule has 2 aliphatic carbocycles. The van der Waals surface area contributed by atoms with Crippen LogP contribution >= 0.6 is 22.7 Å². The second kappa shape index (κ2) is 17.7. The molecule has 0 radical (unpaired) electrons. The van der Waals surface area contributed by atoms with Gasteiger partial charge in [-0.2, -0.15) is 0 Å². The summed E-state index contributed by atoms with van der Waals surface area (Å²) in [6, 6.07) is 95.5. The molecular formula is C76H54N2S2. The zero-order chi connectivity index (χ0) is 53.4. The highest BCUT2D eigenvalue weighted by Gasteiger charge is 2.37. The molecule has 0 saturated heterocycles. The molecule has 16 rings (SSSR count). The average molecular weight is 1060 g/mol. The summed E-state index contributed by atoms with van der Waals surface area (Å²) in [5.41, 5.74) is 22.3. The fraction of sp³-hybridized carbons (Fsp3) is 0.0789. The summed E-state index contributed by atoms with van der Waals surface area (Å²) in [5, 5.41) is 7.71. The highest BCUT2D eigenvalue weighted by molar-refractivity contribution is 7.26. The van der Waals surface area contributed by atoms with Gasteiger partial charge in [0.2, 0.25) is 0 Å². The normalized spacial score (nSPS) is 13.7. The van der Waals surface area contributed by atoms with Gasteiger partial charge in [0.1, 0.15) is 0 Å². The minimum Gasteiger partial charge on any atom is -0.310 e. The third-order valence-electron chi connectivity index (χ3n) is 17.6. The number of thiophene rings is 2. The standard InChI is InChI=1S/C76H54N2S2/c1-75(2)67-27-13-11-25-59(67)61-33-29-55(43-69(61)75)77(53-23-15-21-49(37-53)47-17-7-5-8-18-47)57-31-35-63-65-39-51-40-66-64-36-32-58(46-74(64)80-72(66)42-52(51)41-71(65)79-73(63)45-57)78(54-24-16-22-50(38-54)48-19-9-6-10-20-48)56-30-34-62-60-26-12-14-28-68(60)76(3,4)70(62)44-56/h5-46H,1-4H3. The molecule has 2 nitrogen and oxygen atoms in total. The number of benzene rings is 12. The number of nitrogens with zero attached hydrogens (tertiary/aromatic N) is 2. The Morgan fingerprint density at radius 2 is 0.600 bits per heavy atom. The summed E-state index contributed by atoms with van der Waals surface area (Å²) in [6.07, 6.45) is 0. The molecule has 0 spiro atoms. The summed E-state index contributed by atoms with van der Waals surface area (Å²) in [6.45, 7) is 9.48. The number of rotatable bonds is 8. The first-order chi connectivity index (χ1) is 39.1. The fourth-order valence-corrected chi connectivity index (χ4v) is 15.9. The molecular weight excluding hydrogens is 1000 g/mol. The monoisotopic (exact) mass is 1060 g/mol. The number of hydrogen-bond acceptors (Lipinski definition) is 4. The largest absolute Gasteiger partial charge is 0.310 e. The van der Waals surface area contributed by atoms with Crippen molar-refractivity contribution >= 4 is 108 Å². The van der Waals surface area contributed by atoms with Crippen LogP contribution in [0.15, 0.2) is 255 Å². The van der Waals surface area contributed by atoms with E-state index in [2.05, 4.69) is 292 Å². The van der Waals surface area contributed by atoms with Gasteiger partial charge in [-0.1, -0.05) is 185 Å². The van der Waals surface area contributed by atoms with Crippen LogP contribution in [0.4, 0.5) is 34.1 Å². The minimum absolute atomic E-state index is 0.118. The van der Waals surface area contributed by atoms with Crippen LogP contribution in [0.25, 0.3) is 95.6 Å². The second-order valence-corrected chi connectivity index (χ2v) is 25.1. The molecule has 2 aromatic heterocycles. The fourth-order valence-electron chi connectivity index (χ4n) is 13.5. The van der Waals surface area contributed by atoms with E-state index in [-0.39, 0.29) is 10.8 Å². The Balaban J connectivity index is 0.795. The molecule has 0 amide bonds. The van der Waals surface area contributed by atoms with E-state index < -0.39 is 0 Å². The van der Waals surface area contributed by atoms with E-state index in [1.807, 2.05) is 22.7 Å². The molecule has 0 saturated carbocycles. The van der Waals surface area contributed by atoms with E-state index in [0.717, 1.165) is 34.1 Å². The van der Waals surface area contributed by atoms with Crippen molar-refractivity contribution in [1.82, 2.24) is 0 Å². The maximum absolute atomic E-state index is 2.46. The van der Waals surface area contributed by atoms with E-state index in [4.69, 9.17) is 0 Å². The summed E-state index contributed by atoms with van der Waals surface area (Å²) < 4.78 is 5.16. The Bertz CT molecular complexity index is 4540. The summed E-state index contributed by atoms with van der Waals surface area (Å²) in [4.78, 5) is 4.92. The van der Waals surface area contributed by atoms with Crippen molar-refractivity contribution in [3.05, 3.63) is 277 Å². The van der Waals surface area contributed by atoms with Gasteiger partial charge in [0.05, 0.1) is 0 Å². The topological polar surface area (TPSA) is 6.48 Å². The highest BCUT2D eigenvalue weighted by Crippen LogP contribution is 2.54. The molecule has 0 bridgehead atoms. The molecule has 0 unspecified atom stereocenters. The van der Waals surface area contributed by atoms with Crippen molar-refractivity contribution in [1.29, 1.82) is 0 Å². The van der Waals surface area contributed by atoms with Gasteiger partial charge in [0, 0.05) is 85.3 Å². The lowest BCUT2D eigenvalue weighted by molar-refractivity contribution is 0.660. The van der Waals surface area contributed by atoms with Crippen LogP contribution in [-0.2, 0) is 10.8 Å². The van der Waals surface area contributed by atoms with Crippen molar-refractivity contribution in [2.75, 3.05) is 9.80 Å². The van der Waals surface area contributed by atoms with E-state index in [1.165, 1.54) is 118 Å². The van der Waals surface area contributed by atoms with Crippen LogP contribution in [0.1, 0.15) is 49.9 Å². The number of fused-ring (bicyclic) bond motifs is 13. The van der Waals surface area contributed by atoms with Crippen molar-refractivity contribution in [2.24, 2.45) is 0 Å². The SMILES string of the molecule is CC1(C)c2ccccc2-c2ccc(N(c3cccc(-c4ccccc4)c3)c3ccc4c(c3)sc3cc5cc6sc7cc(N(c8cccc(-c9ccccc9)c8)c8ccc9c(c8)C(C)(C)c8ccccc8-9)ccc7c6cc5cc34)cc21. The first-order valence-corrected chi connectivity index (χ1v) is 29.4. The molecule has 0 fully saturated rings. The maximum atomic E-state index is 2.46. The average Bonchev–Trinajstić information content (AvgIpc) is 4.38. The minimum atomic E-state index is -0.118. The van der Waals surface area contributed by atoms with E-state index in [0.29, 0.717) is 0 Å². The lowest BCUT2D eigenvalue weighted by Gasteiger charge is -2.28. The zero-order valence-corrected chi connectivity index (χ0v) is 46.6. The summed E-state index contributed by atoms with van der Waals surface area (Å²) in [5.74, 6) is 0. The quantitative estimate of drug-likeness (QED) is 0.150. The van der Waals surface area contributed by atoms with Crippen LogP contribution in [0.2, 0.25) is 0 Å². The van der Waals surface area contributed by atoms with Gasteiger partial charge in [-0.25, -0.2) is 0 Å². The van der Waals surface area contributed by atoms with Gasteiger partial charge < -0.3 is 9.80 Å². The van der Waals surface area contributed by atoms with Gasteiger partial charge >= 0.3 is 0 Å². The lowest BCUT2D eigenvalue weighted by atomic mass is 9.82. The van der Waals surface area contributed by atoms with E-state index in [9.17, 15) is 0 Å². The van der Waals surface area contributed by atoms with Crippen molar-refractivity contribution < 1.29 is 0 Å². The predicted octanol–water partition coefficient (Wildman–Crippen LogP) is 22.5. The molecule has 2 aliphatic rings. The summed E-state index contributed by atoms with van der Waals surface area (Å²) >= 11 is 3.79. The first kappa shape index (κ1) is 47.0. The Labute approximate surface area is 474 Å². The predicted molar refractivity (Wildman–Crippen MR) is 345 cm³/mol. The van der Waals surface area contributed by atoms with E-state index >= 15 is 0 Å². The van der Waals surface area contributed by atoms with Crippen LogP contribution in [0.3, 0.4) is 0 Å². The molecule has 0 aliphatic heterocycles. The Kier molecular flexibility index (Phi) is 10.4. The molecule has 0 N–H and O–H groups in total. The van der Waals surface area contributed by atoms with Gasteiger partial charge in [-0.05, 0) is 175 Å². The Morgan fingerprint density at radius 1 is 0.250 bits per heavy atom. The second-order valence-electron chi connectivity index (χ2n) is 22.9.